The molecule has 0 aromatic heterocycles. The number of likely N-dealkylation sites (tertiary alicyclic amines) is 2. The van der Waals surface area contributed by atoms with Gasteiger partial charge in [0.25, 0.3) is 0 Å². The lowest BCUT2D eigenvalue weighted by molar-refractivity contribution is -0.157. The Kier molecular flexibility index (Phi) is 13.4. The average Bonchev–Trinajstić information content (AvgIpc) is 3.68. The lowest BCUT2D eigenvalue weighted by atomic mass is 9.66. The summed E-state index contributed by atoms with van der Waals surface area (Å²) in [6.45, 7) is 10.5. The molecule has 2 saturated heterocycles. The van der Waals surface area contributed by atoms with E-state index in [2.05, 4.69) is 4.36 Å². The summed E-state index contributed by atoms with van der Waals surface area (Å²) in [5.74, 6) is -2.12. The quantitative estimate of drug-likeness (QED) is 0.182. The first-order valence-corrected chi connectivity index (χ1v) is 21.2. The van der Waals surface area contributed by atoms with Crippen LogP contribution in [0.2, 0.25) is 10.0 Å². The van der Waals surface area contributed by atoms with Crippen LogP contribution in [0.1, 0.15) is 99.3 Å². The standard InChI is InChI=1S/C42H51Cl2N3O7S/c1-26(2)36(25-55(53,27(3)4)45-41(52)46-18-7-8-19-46)47-38(29-13-15-31(43)16-14-29)35(30-10-9-11-32(44)22-30)24-42(5,40(47)51)23-33(48)20-28-12-17-34(39(49)50)37(21-28)54-6/h9-17,21-22,26-27,35-36,38H,7-8,18-20,23-25H2,1-6H3,(H,49,50)/t35-,36-,38-,42+,55?/m1/s1. The minimum atomic E-state index is -3.20. The molecule has 3 aromatic carbocycles. The fourth-order valence-corrected chi connectivity index (χ4v) is 10.3. The van der Waals surface area contributed by atoms with E-state index in [9.17, 15) is 23.7 Å². The zero-order chi connectivity index (χ0) is 40.2. The van der Waals surface area contributed by atoms with Crippen molar-refractivity contribution in [2.45, 2.75) is 90.0 Å². The van der Waals surface area contributed by atoms with Crippen LogP contribution >= 0.6 is 23.2 Å². The van der Waals surface area contributed by atoms with Crippen LogP contribution in [0.15, 0.2) is 71.1 Å². The zero-order valence-corrected chi connectivity index (χ0v) is 34.6. The number of piperidine rings is 1. The molecule has 3 amide bonds. The normalized spacial score (nSPS) is 21.7. The minimum absolute atomic E-state index is 0.0204. The molecule has 0 saturated carbocycles. The van der Waals surface area contributed by atoms with Crippen LogP contribution in [-0.2, 0) is 25.7 Å². The van der Waals surface area contributed by atoms with Crippen LogP contribution in [0.25, 0.3) is 0 Å². The van der Waals surface area contributed by atoms with Gasteiger partial charge in [0, 0.05) is 53.2 Å². The smallest absolute Gasteiger partial charge is 0.351 e. The Hall–Kier alpha value is -3.93. The molecule has 5 rings (SSSR count). The predicted octanol–water partition coefficient (Wildman–Crippen LogP) is 9.08. The van der Waals surface area contributed by atoms with E-state index in [1.165, 1.54) is 19.2 Å². The Morgan fingerprint density at radius 3 is 2.22 bits per heavy atom. The highest BCUT2D eigenvalue weighted by molar-refractivity contribution is 7.94. The number of urea groups is 1. The summed E-state index contributed by atoms with van der Waals surface area (Å²) in [6, 6.07) is 17.7. The third kappa shape index (κ3) is 9.55. The van der Waals surface area contributed by atoms with Crippen LogP contribution in [0.3, 0.4) is 0 Å². The van der Waals surface area contributed by atoms with Gasteiger partial charge < -0.3 is 19.6 Å². The molecule has 2 heterocycles. The SMILES string of the molecule is COc1cc(CC(=O)C[C@@]2(C)C[C@H](c3cccc(Cl)c3)[C@@H](c3ccc(Cl)cc3)N([C@H](CS(=O)(=NC(=O)N3CCCC3)C(C)C)C(C)C)C2=O)ccc1C(=O)O. The molecule has 10 nitrogen and oxygen atoms in total. The molecular weight excluding hydrogens is 761 g/mol. The molecule has 2 aliphatic rings. The summed E-state index contributed by atoms with van der Waals surface area (Å²) in [5.41, 5.74) is 1.01. The number of rotatable bonds is 13. The Morgan fingerprint density at radius 2 is 1.64 bits per heavy atom. The van der Waals surface area contributed by atoms with Gasteiger partial charge in [0.05, 0.1) is 34.0 Å². The third-order valence-electron chi connectivity index (χ3n) is 11.0. The topological polar surface area (TPSA) is 134 Å². The van der Waals surface area contributed by atoms with E-state index in [4.69, 9.17) is 27.9 Å². The Balaban J connectivity index is 1.64. The maximum absolute atomic E-state index is 15.4. The van der Waals surface area contributed by atoms with Gasteiger partial charge in [-0.2, -0.15) is 0 Å². The van der Waals surface area contributed by atoms with E-state index in [-0.39, 0.29) is 53.4 Å². The second-order valence-corrected chi connectivity index (χ2v) is 19.4. The Bertz CT molecular complexity index is 2040. The van der Waals surface area contributed by atoms with E-state index in [0.29, 0.717) is 35.1 Å². The Morgan fingerprint density at radius 1 is 0.964 bits per heavy atom. The molecule has 2 aliphatic heterocycles. The number of ketones is 1. The van der Waals surface area contributed by atoms with Crippen molar-refractivity contribution in [3.63, 3.8) is 0 Å². The van der Waals surface area contributed by atoms with Crippen LogP contribution in [0, 0.1) is 11.3 Å². The van der Waals surface area contributed by atoms with Gasteiger partial charge in [0.1, 0.15) is 17.1 Å². The number of halogens is 2. The summed E-state index contributed by atoms with van der Waals surface area (Å²) in [5, 5.41) is 10.1. The third-order valence-corrected chi connectivity index (χ3v) is 14.2. The number of methoxy groups -OCH3 is 1. The van der Waals surface area contributed by atoms with Gasteiger partial charge in [-0.3, -0.25) is 9.59 Å². The molecule has 1 unspecified atom stereocenters. The number of carbonyl (C=O) groups excluding carboxylic acids is 3. The molecule has 1 N–H and O–H groups in total. The lowest BCUT2D eigenvalue weighted by Crippen LogP contribution is -2.59. The molecule has 0 aliphatic carbocycles. The fraction of sp³-hybridized carbons (Fsp3) is 0.476. The number of benzene rings is 3. The number of carboxylic acids is 1. The largest absolute Gasteiger partial charge is 0.496 e. The van der Waals surface area contributed by atoms with Crippen molar-refractivity contribution < 1.29 is 33.2 Å². The first-order chi connectivity index (χ1) is 26.0. The monoisotopic (exact) mass is 811 g/mol. The van der Waals surface area contributed by atoms with Crippen molar-refractivity contribution in [3.05, 3.63) is 99.0 Å². The van der Waals surface area contributed by atoms with Gasteiger partial charge in [0.15, 0.2) is 0 Å². The molecule has 0 radical (unpaired) electrons. The van der Waals surface area contributed by atoms with E-state index < -0.39 is 44.5 Å². The molecule has 0 spiro atoms. The molecule has 55 heavy (non-hydrogen) atoms. The van der Waals surface area contributed by atoms with Crippen molar-refractivity contribution in [2.24, 2.45) is 15.7 Å². The lowest BCUT2D eigenvalue weighted by Gasteiger charge is -2.53. The average molecular weight is 813 g/mol. The molecule has 13 heteroatoms. The molecular formula is C42H51Cl2N3O7S. The van der Waals surface area contributed by atoms with Gasteiger partial charge in [-0.05, 0) is 78.3 Å². The second-order valence-electron chi connectivity index (χ2n) is 15.7. The van der Waals surface area contributed by atoms with E-state index in [1.807, 2.05) is 56.0 Å². The number of carbonyl (C=O) groups is 4. The molecule has 296 valence electrons. The first-order valence-electron chi connectivity index (χ1n) is 18.7. The number of Topliss-reactive ketones (excluding diaryl/α,β-unsaturated/α-hetero) is 1. The van der Waals surface area contributed by atoms with Gasteiger partial charge in [-0.1, -0.05) is 88.2 Å². The number of amides is 3. The van der Waals surface area contributed by atoms with E-state index in [0.717, 1.165) is 24.0 Å². The van der Waals surface area contributed by atoms with Crippen molar-refractivity contribution >= 4 is 56.6 Å². The van der Waals surface area contributed by atoms with Crippen molar-refractivity contribution in [1.82, 2.24) is 9.80 Å². The number of hydrogen-bond acceptors (Lipinski definition) is 6. The molecule has 0 bridgehead atoms. The van der Waals surface area contributed by atoms with Crippen molar-refractivity contribution in [3.8, 4) is 5.75 Å². The fourth-order valence-electron chi connectivity index (χ4n) is 7.93. The summed E-state index contributed by atoms with van der Waals surface area (Å²) in [4.78, 5) is 58.0. The van der Waals surface area contributed by atoms with Crippen LogP contribution in [0.4, 0.5) is 4.79 Å². The highest BCUT2D eigenvalue weighted by atomic mass is 35.5. The maximum atomic E-state index is 15.4. The van der Waals surface area contributed by atoms with Crippen LogP contribution in [0.5, 0.6) is 5.75 Å². The second kappa shape index (κ2) is 17.5. The summed E-state index contributed by atoms with van der Waals surface area (Å²) in [6.07, 6.45) is 1.87. The number of nitrogens with zero attached hydrogens (tertiary/aromatic N) is 3. The number of carboxylic acid groups (broad SMARTS) is 1. The minimum Gasteiger partial charge on any atom is -0.496 e. The molecule has 3 aromatic rings. The van der Waals surface area contributed by atoms with E-state index in [1.54, 1.807) is 43.0 Å². The van der Waals surface area contributed by atoms with E-state index >= 15 is 4.79 Å². The van der Waals surface area contributed by atoms with Crippen LogP contribution < -0.4 is 4.74 Å². The van der Waals surface area contributed by atoms with Crippen molar-refractivity contribution in [2.75, 3.05) is 26.0 Å². The number of ether oxygens (including phenoxy) is 1. The van der Waals surface area contributed by atoms with Gasteiger partial charge in [-0.25, -0.2) is 13.8 Å². The summed E-state index contributed by atoms with van der Waals surface area (Å²) in [7, 11) is -1.83. The highest BCUT2D eigenvalue weighted by Gasteiger charge is 2.53. The number of aromatic carboxylic acids is 1. The summed E-state index contributed by atoms with van der Waals surface area (Å²) < 4.78 is 24.7. The first kappa shape index (κ1) is 42.2. The van der Waals surface area contributed by atoms with Gasteiger partial charge in [0.2, 0.25) is 5.91 Å². The number of hydrogen-bond donors (Lipinski definition) is 1. The van der Waals surface area contributed by atoms with Gasteiger partial charge in [-0.15, -0.1) is 4.36 Å². The maximum Gasteiger partial charge on any atom is 0.351 e. The van der Waals surface area contributed by atoms with Gasteiger partial charge >= 0.3 is 12.0 Å². The van der Waals surface area contributed by atoms with Crippen LogP contribution in [-0.4, -0.2) is 80.1 Å². The Labute approximate surface area is 334 Å². The predicted molar refractivity (Wildman–Crippen MR) is 217 cm³/mol. The molecule has 5 atom stereocenters. The highest BCUT2D eigenvalue weighted by Crippen LogP contribution is 2.53. The molecule has 2 fully saturated rings. The zero-order valence-electron chi connectivity index (χ0n) is 32.3. The van der Waals surface area contributed by atoms with Crippen molar-refractivity contribution in [1.29, 1.82) is 0 Å². The summed E-state index contributed by atoms with van der Waals surface area (Å²) >= 11 is 13.0.